The number of H-pyrrole nitrogens is 2. The Morgan fingerprint density at radius 1 is 0.826 bits per heavy atom. The lowest BCUT2D eigenvalue weighted by atomic mass is 10.0. The number of imidazole rings is 1. The number of benzene rings is 2. The van der Waals surface area contributed by atoms with Crippen LogP contribution < -0.4 is 27.4 Å². The Kier molecular flexibility index (Phi) is 11.9. The van der Waals surface area contributed by atoms with E-state index in [9.17, 15) is 29.4 Å². The van der Waals surface area contributed by atoms with E-state index in [0.717, 1.165) is 16.5 Å². The second kappa shape index (κ2) is 16.2. The molecule has 0 fully saturated rings. The molecule has 0 bridgehead atoms. The SMILES string of the molecule is NCCCCC(NC(=O)C(N)Cc1c[nH]c2ccccc12)C(=O)NC(Cc1cnc[nH]1)C(=O)NC(Cc1ccc(O)cc1)C(=O)O. The number of nitrogens with two attached hydrogens (primary N) is 2. The topological polar surface area (TPSA) is 241 Å². The summed E-state index contributed by atoms with van der Waals surface area (Å²) >= 11 is 0. The monoisotopic (exact) mass is 632 g/mol. The van der Waals surface area contributed by atoms with E-state index in [1.54, 1.807) is 18.3 Å². The molecule has 0 saturated heterocycles. The first-order valence-corrected chi connectivity index (χ1v) is 15.0. The molecule has 0 spiro atoms. The second-order valence-electron chi connectivity index (χ2n) is 11.1. The number of unbranched alkanes of at least 4 members (excludes halogenated alkanes) is 1. The molecule has 0 aliphatic rings. The second-order valence-corrected chi connectivity index (χ2v) is 11.1. The molecule has 244 valence electrons. The van der Waals surface area contributed by atoms with Crippen LogP contribution >= 0.6 is 0 Å². The van der Waals surface area contributed by atoms with Crippen molar-refractivity contribution >= 4 is 34.6 Å². The first kappa shape index (κ1) is 33.7. The van der Waals surface area contributed by atoms with Crippen LogP contribution in [0.1, 0.15) is 36.1 Å². The van der Waals surface area contributed by atoms with Crippen molar-refractivity contribution in [2.24, 2.45) is 11.5 Å². The smallest absolute Gasteiger partial charge is 0.326 e. The molecule has 0 aliphatic carbocycles. The van der Waals surface area contributed by atoms with Gasteiger partial charge in [-0.1, -0.05) is 30.3 Å². The van der Waals surface area contributed by atoms with Gasteiger partial charge in [0.15, 0.2) is 0 Å². The lowest BCUT2D eigenvalue weighted by molar-refractivity contribution is -0.142. The van der Waals surface area contributed by atoms with E-state index in [1.807, 2.05) is 24.3 Å². The van der Waals surface area contributed by atoms with Crippen LogP contribution in [0.25, 0.3) is 10.9 Å². The average molecular weight is 633 g/mol. The fourth-order valence-electron chi connectivity index (χ4n) is 5.11. The summed E-state index contributed by atoms with van der Waals surface area (Å²) in [5.74, 6) is -3.15. The number of para-hydroxylation sites is 1. The van der Waals surface area contributed by atoms with Gasteiger partial charge in [0.1, 0.15) is 23.9 Å². The molecule has 3 amide bonds. The lowest BCUT2D eigenvalue weighted by Gasteiger charge is -2.25. The fraction of sp³-hybridized carbons (Fsp3) is 0.344. The van der Waals surface area contributed by atoms with Gasteiger partial charge in [-0.25, -0.2) is 9.78 Å². The Balaban J connectivity index is 1.47. The predicted molar refractivity (Wildman–Crippen MR) is 170 cm³/mol. The van der Waals surface area contributed by atoms with E-state index in [-0.39, 0.29) is 31.4 Å². The molecule has 4 rings (SSSR count). The van der Waals surface area contributed by atoms with Gasteiger partial charge in [0, 0.05) is 41.8 Å². The number of aromatic amines is 2. The number of rotatable bonds is 17. The molecule has 2 heterocycles. The highest BCUT2D eigenvalue weighted by Crippen LogP contribution is 2.19. The average Bonchev–Trinajstić information content (AvgIpc) is 3.71. The largest absolute Gasteiger partial charge is 0.508 e. The quantitative estimate of drug-likeness (QED) is 0.0740. The first-order valence-electron chi connectivity index (χ1n) is 15.0. The number of carboxylic acids is 1. The lowest BCUT2D eigenvalue weighted by Crippen LogP contribution is -2.58. The highest BCUT2D eigenvalue weighted by atomic mass is 16.4. The molecule has 4 unspecified atom stereocenters. The Bertz CT molecular complexity index is 1600. The highest BCUT2D eigenvalue weighted by Gasteiger charge is 2.31. The third-order valence-corrected chi connectivity index (χ3v) is 7.63. The molecule has 0 aliphatic heterocycles. The number of nitrogens with one attached hydrogen (secondary N) is 5. The minimum Gasteiger partial charge on any atom is -0.508 e. The Labute approximate surface area is 265 Å². The summed E-state index contributed by atoms with van der Waals surface area (Å²) in [4.78, 5) is 62.4. The minimum atomic E-state index is -1.32. The maximum atomic E-state index is 13.6. The number of amides is 3. The highest BCUT2D eigenvalue weighted by molar-refractivity contribution is 5.94. The van der Waals surface area contributed by atoms with Crippen LogP contribution in [0.15, 0.2) is 67.3 Å². The van der Waals surface area contributed by atoms with Crippen molar-refractivity contribution in [2.75, 3.05) is 6.54 Å². The van der Waals surface area contributed by atoms with Gasteiger partial charge in [-0.15, -0.1) is 0 Å². The molecule has 14 heteroatoms. The van der Waals surface area contributed by atoms with E-state index in [4.69, 9.17) is 11.5 Å². The minimum absolute atomic E-state index is 0.0212. The summed E-state index contributed by atoms with van der Waals surface area (Å²) < 4.78 is 0. The van der Waals surface area contributed by atoms with E-state index < -0.39 is 47.9 Å². The zero-order chi connectivity index (χ0) is 33.1. The van der Waals surface area contributed by atoms with Crippen LogP contribution in [-0.2, 0) is 38.4 Å². The standard InChI is InChI=1S/C32H40N8O6/c33-12-4-3-7-26(38-29(42)24(34)14-20-16-36-25-6-2-1-5-23(20)25)30(43)39-27(15-21-17-35-18-37-21)31(44)40-28(32(45)46)13-19-8-10-22(41)11-9-19/h1-2,5-6,8-11,16-18,24,26-28,36,41H,3-4,7,12-15,33-34H2,(H,35,37)(H,38,42)(H,39,43)(H,40,44)(H,45,46). The number of aromatic hydroxyl groups is 1. The van der Waals surface area contributed by atoms with Gasteiger partial charge in [-0.2, -0.15) is 0 Å². The summed E-state index contributed by atoms with van der Waals surface area (Å²) in [6.45, 7) is 0.394. The van der Waals surface area contributed by atoms with Crippen molar-refractivity contribution in [2.45, 2.75) is 62.7 Å². The van der Waals surface area contributed by atoms with Crippen LogP contribution in [0.5, 0.6) is 5.75 Å². The number of hydrogen-bond acceptors (Lipinski definition) is 8. The summed E-state index contributed by atoms with van der Waals surface area (Å²) in [6.07, 6.45) is 6.23. The van der Waals surface area contributed by atoms with E-state index in [2.05, 4.69) is 30.9 Å². The summed E-state index contributed by atoms with van der Waals surface area (Å²) in [5, 5.41) is 28.3. The van der Waals surface area contributed by atoms with Crippen LogP contribution in [0.2, 0.25) is 0 Å². The normalized spacial score (nSPS) is 13.8. The molecule has 4 aromatic rings. The molecule has 2 aromatic heterocycles. The summed E-state index contributed by atoms with van der Waals surface area (Å²) in [6, 6.07) is 9.08. The van der Waals surface area contributed by atoms with Gasteiger partial charge < -0.3 is 47.6 Å². The third-order valence-electron chi connectivity index (χ3n) is 7.63. The molecule has 0 radical (unpaired) electrons. The number of carboxylic acid groups (broad SMARTS) is 1. The zero-order valence-corrected chi connectivity index (χ0v) is 25.2. The molecule has 4 atom stereocenters. The molecule has 0 saturated carbocycles. The maximum absolute atomic E-state index is 13.6. The van der Waals surface area contributed by atoms with Gasteiger partial charge in [-0.05, 0) is 61.6 Å². The van der Waals surface area contributed by atoms with Crippen molar-refractivity contribution in [3.8, 4) is 5.75 Å². The number of aliphatic carboxylic acids is 1. The van der Waals surface area contributed by atoms with Crippen molar-refractivity contribution in [3.05, 3.63) is 84.1 Å². The maximum Gasteiger partial charge on any atom is 0.326 e. The van der Waals surface area contributed by atoms with Crippen molar-refractivity contribution in [1.82, 2.24) is 30.9 Å². The van der Waals surface area contributed by atoms with Crippen LogP contribution in [0.4, 0.5) is 0 Å². The number of hydrogen-bond donors (Lipinski definition) is 9. The van der Waals surface area contributed by atoms with Crippen molar-refractivity contribution in [3.63, 3.8) is 0 Å². The van der Waals surface area contributed by atoms with Gasteiger partial charge in [0.05, 0.1) is 12.4 Å². The molecular formula is C32H40N8O6. The number of aromatic nitrogens is 3. The van der Waals surface area contributed by atoms with Crippen LogP contribution in [0, 0.1) is 0 Å². The molecule has 14 nitrogen and oxygen atoms in total. The number of carbonyl (C=O) groups excluding carboxylic acids is 3. The summed E-state index contributed by atoms with van der Waals surface area (Å²) in [7, 11) is 0. The number of fused-ring (bicyclic) bond motifs is 1. The van der Waals surface area contributed by atoms with Crippen LogP contribution in [0.3, 0.4) is 0 Å². The number of phenolic OH excluding ortho intramolecular Hbond substituents is 1. The first-order chi connectivity index (χ1) is 22.1. The third kappa shape index (κ3) is 9.39. The van der Waals surface area contributed by atoms with Gasteiger partial charge in [0.2, 0.25) is 17.7 Å². The zero-order valence-electron chi connectivity index (χ0n) is 25.2. The van der Waals surface area contributed by atoms with Gasteiger partial charge in [-0.3, -0.25) is 14.4 Å². The van der Waals surface area contributed by atoms with Crippen LogP contribution in [-0.4, -0.2) is 79.6 Å². The molecule has 46 heavy (non-hydrogen) atoms. The van der Waals surface area contributed by atoms with E-state index in [0.29, 0.717) is 30.6 Å². The van der Waals surface area contributed by atoms with E-state index >= 15 is 0 Å². The number of phenols is 1. The molecule has 2 aromatic carbocycles. The van der Waals surface area contributed by atoms with Crippen molar-refractivity contribution in [1.29, 1.82) is 0 Å². The predicted octanol–water partition coefficient (Wildman–Crippen LogP) is 0.620. The van der Waals surface area contributed by atoms with E-state index in [1.165, 1.54) is 24.7 Å². The van der Waals surface area contributed by atoms with Gasteiger partial charge >= 0.3 is 5.97 Å². The van der Waals surface area contributed by atoms with Crippen molar-refractivity contribution < 1.29 is 29.4 Å². The Morgan fingerprint density at radius 2 is 1.52 bits per heavy atom. The fourth-order valence-corrected chi connectivity index (χ4v) is 5.11. The van der Waals surface area contributed by atoms with Gasteiger partial charge in [0.25, 0.3) is 0 Å². The number of carbonyl (C=O) groups is 4. The Hall–Kier alpha value is -5.21. The molecular weight excluding hydrogens is 592 g/mol. The number of nitrogens with zero attached hydrogens (tertiary/aromatic N) is 1. The Morgan fingerprint density at radius 3 is 2.22 bits per heavy atom. The summed E-state index contributed by atoms with van der Waals surface area (Å²) in [5.41, 5.74) is 14.8. The molecule has 11 N–H and O–H groups in total.